The van der Waals surface area contributed by atoms with Gasteiger partial charge in [0, 0.05) is 11.9 Å². The second-order valence-corrected chi connectivity index (χ2v) is 8.93. The van der Waals surface area contributed by atoms with E-state index in [2.05, 4.69) is 10.2 Å². The van der Waals surface area contributed by atoms with E-state index in [0.717, 1.165) is 43.1 Å². The normalized spacial score (nSPS) is 15.1. The summed E-state index contributed by atoms with van der Waals surface area (Å²) in [6.07, 6.45) is 4.51. The van der Waals surface area contributed by atoms with E-state index in [4.69, 9.17) is 0 Å². The van der Waals surface area contributed by atoms with Gasteiger partial charge in [0.25, 0.3) is 0 Å². The number of sulfonamides is 1. The number of amides is 1. The lowest BCUT2D eigenvalue weighted by Gasteiger charge is -2.23. The Morgan fingerprint density at radius 2 is 1.81 bits per heavy atom. The van der Waals surface area contributed by atoms with Crippen molar-refractivity contribution < 1.29 is 13.2 Å². The molecular weight excluding hydrogens is 362 g/mol. The molecule has 6 nitrogen and oxygen atoms in total. The Balaban J connectivity index is 1.65. The van der Waals surface area contributed by atoms with Crippen molar-refractivity contribution in [3.05, 3.63) is 42.5 Å². The number of hydrogen-bond donors (Lipinski definition) is 1. The SMILES string of the molecule is CS(=O)(=O)N(CC(=O)NCCCN1CCCC1)c1cccc2ccccc12. The number of nitrogens with one attached hydrogen (secondary N) is 1. The van der Waals surface area contributed by atoms with E-state index in [9.17, 15) is 13.2 Å². The maximum absolute atomic E-state index is 12.4. The predicted molar refractivity (Wildman–Crippen MR) is 109 cm³/mol. The Morgan fingerprint density at radius 3 is 2.56 bits per heavy atom. The third-order valence-corrected chi connectivity index (χ3v) is 6.02. The number of fused-ring (bicyclic) bond motifs is 1. The van der Waals surface area contributed by atoms with E-state index in [1.807, 2.05) is 36.4 Å². The monoisotopic (exact) mass is 389 g/mol. The fourth-order valence-electron chi connectivity index (χ4n) is 3.53. The zero-order valence-corrected chi connectivity index (χ0v) is 16.5. The first-order valence-corrected chi connectivity index (χ1v) is 11.2. The summed E-state index contributed by atoms with van der Waals surface area (Å²) in [7, 11) is -3.58. The molecule has 1 fully saturated rings. The second kappa shape index (κ2) is 8.71. The third kappa shape index (κ3) is 5.20. The van der Waals surface area contributed by atoms with Gasteiger partial charge in [-0.1, -0.05) is 36.4 Å². The van der Waals surface area contributed by atoms with Crippen molar-refractivity contribution in [1.29, 1.82) is 0 Å². The lowest BCUT2D eigenvalue weighted by atomic mass is 10.1. The Labute approximate surface area is 161 Å². The highest BCUT2D eigenvalue weighted by Gasteiger charge is 2.22. The minimum Gasteiger partial charge on any atom is -0.354 e. The molecule has 3 rings (SSSR count). The summed E-state index contributed by atoms with van der Waals surface area (Å²) < 4.78 is 25.9. The van der Waals surface area contributed by atoms with Crippen LogP contribution in [0.2, 0.25) is 0 Å². The van der Waals surface area contributed by atoms with Crippen LogP contribution in [0.15, 0.2) is 42.5 Å². The van der Waals surface area contributed by atoms with E-state index >= 15 is 0 Å². The van der Waals surface area contributed by atoms with E-state index < -0.39 is 10.0 Å². The van der Waals surface area contributed by atoms with Gasteiger partial charge in [-0.05, 0) is 50.3 Å². The molecule has 0 aliphatic carbocycles. The standard InChI is InChI=1S/C20H27N3O3S/c1-27(25,26)23(19-11-6-9-17-8-2-3-10-18(17)19)16-20(24)21-12-7-15-22-13-4-5-14-22/h2-3,6,8-11H,4-5,7,12-16H2,1H3,(H,21,24). The van der Waals surface area contributed by atoms with Crippen LogP contribution in [0.4, 0.5) is 5.69 Å². The Hall–Kier alpha value is -2.12. The fourth-order valence-corrected chi connectivity index (χ4v) is 4.40. The molecule has 1 saturated heterocycles. The molecule has 0 unspecified atom stereocenters. The molecule has 146 valence electrons. The smallest absolute Gasteiger partial charge is 0.240 e. The maximum Gasteiger partial charge on any atom is 0.240 e. The van der Waals surface area contributed by atoms with Crippen LogP contribution in [0.3, 0.4) is 0 Å². The fraction of sp³-hybridized carbons (Fsp3) is 0.450. The van der Waals surface area contributed by atoms with Gasteiger partial charge in [-0.15, -0.1) is 0 Å². The first kappa shape index (κ1) is 19.6. The summed E-state index contributed by atoms with van der Waals surface area (Å²) in [4.78, 5) is 14.8. The Bertz CT molecular complexity index is 887. The van der Waals surface area contributed by atoms with Crippen LogP contribution in [0.25, 0.3) is 10.8 Å². The number of carbonyl (C=O) groups is 1. The number of carbonyl (C=O) groups excluding carboxylic acids is 1. The van der Waals surface area contributed by atoms with Crippen molar-refractivity contribution in [1.82, 2.24) is 10.2 Å². The lowest BCUT2D eigenvalue weighted by Crippen LogP contribution is -2.41. The molecule has 7 heteroatoms. The number of benzene rings is 2. The van der Waals surface area contributed by atoms with Crippen LogP contribution in [-0.2, 0) is 14.8 Å². The average molecular weight is 390 g/mol. The maximum atomic E-state index is 12.4. The minimum absolute atomic E-state index is 0.212. The van der Waals surface area contributed by atoms with Crippen LogP contribution >= 0.6 is 0 Å². The first-order valence-electron chi connectivity index (χ1n) is 9.40. The number of nitrogens with zero attached hydrogens (tertiary/aromatic N) is 2. The number of likely N-dealkylation sites (tertiary alicyclic amines) is 1. The van der Waals surface area contributed by atoms with Gasteiger partial charge in [0.1, 0.15) is 6.54 Å². The number of anilines is 1. The van der Waals surface area contributed by atoms with E-state index in [1.54, 1.807) is 6.07 Å². The van der Waals surface area contributed by atoms with Crippen LogP contribution in [-0.4, -0.2) is 58.2 Å². The summed E-state index contributed by atoms with van der Waals surface area (Å²) in [6.45, 7) is 3.59. The summed E-state index contributed by atoms with van der Waals surface area (Å²) in [5.74, 6) is -0.283. The van der Waals surface area contributed by atoms with Crippen LogP contribution < -0.4 is 9.62 Å². The van der Waals surface area contributed by atoms with Crippen molar-refractivity contribution in [3.8, 4) is 0 Å². The highest BCUT2D eigenvalue weighted by molar-refractivity contribution is 7.92. The van der Waals surface area contributed by atoms with Crippen molar-refractivity contribution in [2.24, 2.45) is 0 Å². The van der Waals surface area contributed by atoms with E-state index in [1.165, 1.54) is 17.1 Å². The molecule has 0 radical (unpaired) electrons. The van der Waals surface area contributed by atoms with Crippen molar-refractivity contribution >= 4 is 32.4 Å². The molecule has 2 aromatic rings. The van der Waals surface area contributed by atoms with Gasteiger partial charge in [0.15, 0.2) is 0 Å². The Morgan fingerprint density at radius 1 is 1.11 bits per heavy atom. The van der Waals surface area contributed by atoms with Crippen molar-refractivity contribution in [2.45, 2.75) is 19.3 Å². The molecule has 27 heavy (non-hydrogen) atoms. The molecule has 1 aliphatic heterocycles. The van der Waals surface area contributed by atoms with Crippen molar-refractivity contribution in [2.75, 3.05) is 43.3 Å². The summed E-state index contributed by atoms with van der Waals surface area (Å²) in [5, 5.41) is 4.61. The molecular formula is C20H27N3O3S. The highest BCUT2D eigenvalue weighted by atomic mass is 32.2. The third-order valence-electron chi connectivity index (χ3n) is 4.89. The van der Waals surface area contributed by atoms with Gasteiger partial charge in [0.2, 0.25) is 15.9 Å². The molecule has 1 aliphatic rings. The molecule has 0 atom stereocenters. The van der Waals surface area contributed by atoms with Crippen LogP contribution in [0, 0.1) is 0 Å². The van der Waals surface area contributed by atoms with E-state index in [0.29, 0.717) is 12.2 Å². The Kier molecular flexibility index (Phi) is 6.34. The summed E-state index contributed by atoms with van der Waals surface area (Å²) >= 11 is 0. The molecule has 0 spiro atoms. The van der Waals surface area contributed by atoms with Crippen LogP contribution in [0.5, 0.6) is 0 Å². The predicted octanol–water partition coefficient (Wildman–Crippen LogP) is 2.21. The summed E-state index contributed by atoms with van der Waals surface area (Å²) in [5.41, 5.74) is 0.530. The molecule has 0 aromatic heterocycles. The molecule has 1 N–H and O–H groups in total. The van der Waals surface area contributed by atoms with Crippen LogP contribution in [0.1, 0.15) is 19.3 Å². The highest BCUT2D eigenvalue weighted by Crippen LogP contribution is 2.28. The second-order valence-electron chi connectivity index (χ2n) is 7.02. The summed E-state index contributed by atoms with van der Waals surface area (Å²) in [6, 6.07) is 13.1. The largest absolute Gasteiger partial charge is 0.354 e. The topological polar surface area (TPSA) is 69.7 Å². The number of hydrogen-bond acceptors (Lipinski definition) is 4. The average Bonchev–Trinajstić information content (AvgIpc) is 3.15. The zero-order valence-electron chi connectivity index (χ0n) is 15.7. The lowest BCUT2D eigenvalue weighted by molar-refractivity contribution is -0.119. The molecule has 1 heterocycles. The van der Waals surface area contributed by atoms with E-state index in [-0.39, 0.29) is 12.5 Å². The van der Waals surface area contributed by atoms with Gasteiger partial charge in [-0.2, -0.15) is 0 Å². The van der Waals surface area contributed by atoms with Gasteiger partial charge >= 0.3 is 0 Å². The zero-order chi connectivity index (χ0) is 19.3. The van der Waals surface area contributed by atoms with Crippen molar-refractivity contribution in [3.63, 3.8) is 0 Å². The molecule has 1 amide bonds. The molecule has 0 saturated carbocycles. The number of rotatable bonds is 8. The van der Waals surface area contributed by atoms with Gasteiger partial charge < -0.3 is 10.2 Å². The molecule has 2 aromatic carbocycles. The van der Waals surface area contributed by atoms with Gasteiger partial charge in [-0.3, -0.25) is 9.10 Å². The molecule has 0 bridgehead atoms. The minimum atomic E-state index is -3.58. The van der Waals surface area contributed by atoms with Gasteiger partial charge in [0.05, 0.1) is 11.9 Å². The van der Waals surface area contributed by atoms with Gasteiger partial charge in [-0.25, -0.2) is 8.42 Å². The quantitative estimate of drug-likeness (QED) is 0.703. The first-order chi connectivity index (χ1) is 12.9.